The lowest BCUT2D eigenvalue weighted by Gasteiger charge is -2.41. The second-order valence-electron chi connectivity index (χ2n) is 9.62. The van der Waals surface area contributed by atoms with Crippen molar-refractivity contribution in [3.8, 4) is 0 Å². The van der Waals surface area contributed by atoms with Crippen LogP contribution in [-0.2, 0) is 16.0 Å². The Bertz CT molecular complexity index is 1270. The fraction of sp³-hybridized carbons (Fsp3) is 0.167. The normalized spacial score (nSPS) is 17.3. The summed E-state index contributed by atoms with van der Waals surface area (Å²) in [6, 6.07) is 37.1. The van der Waals surface area contributed by atoms with Crippen molar-refractivity contribution in [3.05, 3.63) is 130 Å². The molecule has 4 nitrogen and oxygen atoms in total. The van der Waals surface area contributed by atoms with Crippen molar-refractivity contribution in [3.63, 3.8) is 0 Å². The molecule has 176 valence electrons. The highest BCUT2D eigenvalue weighted by Gasteiger charge is 2.47. The van der Waals surface area contributed by atoms with Crippen LogP contribution >= 0.6 is 15.9 Å². The summed E-state index contributed by atoms with van der Waals surface area (Å²) in [7, 11) is 0. The Hall–Kier alpha value is -3.57. The van der Waals surface area contributed by atoms with E-state index >= 15 is 0 Å². The molecule has 0 aromatic heterocycles. The molecule has 1 atom stereocenters. The number of hydrazone groups is 1. The predicted molar refractivity (Wildman–Crippen MR) is 147 cm³/mol. The maximum atomic E-state index is 6.81. The van der Waals surface area contributed by atoms with Crippen LogP contribution in [0.4, 0.5) is 11.4 Å². The molecule has 0 bridgehead atoms. The summed E-state index contributed by atoms with van der Waals surface area (Å²) in [6.07, 6.45) is 0. The minimum atomic E-state index is -1.08. The second kappa shape index (κ2) is 9.23. The molecule has 5 rings (SSSR count). The molecule has 1 aliphatic rings. The number of hydrogen-bond acceptors (Lipinski definition) is 4. The number of anilines is 2. The first-order chi connectivity index (χ1) is 16.9. The topological polar surface area (TPSA) is 36.9 Å². The summed E-state index contributed by atoms with van der Waals surface area (Å²) >= 11 is 3.57. The lowest BCUT2D eigenvalue weighted by atomic mass is 9.87. The van der Waals surface area contributed by atoms with Gasteiger partial charge in [0.1, 0.15) is 0 Å². The fourth-order valence-electron chi connectivity index (χ4n) is 4.24. The molecule has 0 spiro atoms. The molecule has 0 fully saturated rings. The van der Waals surface area contributed by atoms with Crippen LogP contribution in [0.15, 0.2) is 119 Å². The van der Waals surface area contributed by atoms with Crippen LogP contribution in [0.3, 0.4) is 0 Å². The number of rotatable bonds is 5. The number of halogens is 1. The van der Waals surface area contributed by atoms with E-state index in [0.29, 0.717) is 5.90 Å². The molecule has 4 aromatic rings. The number of hydrogen-bond donors (Lipinski definition) is 1. The van der Waals surface area contributed by atoms with Gasteiger partial charge in [-0.3, -0.25) is 4.90 Å². The van der Waals surface area contributed by atoms with E-state index in [0.717, 1.165) is 27.0 Å². The average molecular weight is 526 g/mol. The summed E-state index contributed by atoms with van der Waals surface area (Å²) in [6.45, 7) is 6.63. The van der Waals surface area contributed by atoms with Crippen LogP contribution in [0.25, 0.3) is 0 Å². The van der Waals surface area contributed by atoms with E-state index < -0.39 is 5.85 Å². The van der Waals surface area contributed by atoms with Gasteiger partial charge in [0, 0.05) is 27.0 Å². The van der Waals surface area contributed by atoms with Crippen LogP contribution < -0.4 is 10.3 Å². The molecule has 0 radical (unpaired) electrons. The first-order valence-corrected chi connectivity index (χ1v) is 12.5. The highest BCUT2D eigenvalue weighted by molar-refractivity contribution is 9.10. The van der Waals surface area contributed by atoms with Gasteiger partial charge in [0.25, 0.3) is 0 Å². The molecule has 0 saturated carbocycles. The van der Waals surface area contributed by atoms with Crippen LogP contribution in [0, 0.1) is 0 Å². The van der Waals surface area contributed by atoms with E-state index in [-0.39, 0.29) is 5.41 Å². The van der Waals surface area contributed by atoms with Gasteiger partial charge in [-0.2, -0.15) is 0 Å². The maximum absolute atomic E-state index is 6.81. The highest BCUT2D eigenvalue weighted by atomic mass is 79.9. The summed E-state index contributed by atoms with van der Waals surface area (Å²) in [5.41, 5.74) is 8.53. The van der Waals surface area contributed by atoms with Gasteiger partial charge < -0.3 is 4.74 Å². The number of nitrogens with zero attached hydrogens (tertiary/aromatic N) is 2. The summed E-state index contributed by atoms with van der Waals surface area (Å²) < 4.78 is 7.81. The Morgan fingerprint density at radius 2 is 1.29 bits per heavy atom. The molecule has 0 amide bonds. The van der Waals surface area contributed by atoms with E-state index in [1.54, 1.807) is 0 Å². The molecule has 1 heterocycles. The highest BCUT2D eigenvalue weighted by Crippen LogP contribution is 2.42. The van der Waals surface area contributed by atoms with Gasteiger partial charge in [-0.1, -0.05) is 85.2 Å². The molecule has 4 aromatic carbocycles. The van der Waals surface area contributed by atoms with Gasteiger partial charge in [-0.15, -0.1) is 5.10 Å². The molecular formula is C30H28BrN3O. The van der Waals surface area contributed by atoms with E-state index in [1.807, 2.05) is 48.5 Å². The smallest absolute Gasteiger partial charge is 0.310 e. The van der Waals surface area contributed by atoms with Gasteiger partial charge in [-0.05, 0) is 71.6 Å². The average Bonchev–Trinajstić information content (AvgIpc) is 3.31. The number of nitrogens with one attached hydrogen (secondary N) is 1. The van der Waals surface area contributed by atoms with Crippen molar-refractivity contribution in [2.24, 2.45) is 5.10 Å². The van der Waals surface area contributed by atoms with Crippen LogP contribution in [-0.4, -0.2) is 5.90 Å². The van der Waals surface area contributed by atoms with Crippen molar-refractivity contribution < 1.29 is 4.74 Å². The Balaban J connectivity index is 1.62. The quantitative estimate of drug-likeness (QED) is 0.290. The van der Waals surface area contributed by atoms with E-state index in [1.165, 1.54) is 5.56 Å². The van der Waals surface area contributed by atoms with Crippen molar-refractivity contribution >= 4 is 33.2 Å². The van der Waals surface area contributed by atoms with E-state index in [4.69, 9.17) is 9.84 Å². The molecule has 0 saturated heterocycles. The molecular weight excluding hydrogens is 498 g/mol. The molecule has 1 N–H and O–H groups in total. The fourth-order valence-corrected chi connectivity index (χ4v) is 4.50. The Morgan fingerprint density at radius 1 is 0.743 bits per heavy atom. The SMILES string of the molecule is CC(C)(C)c1ccc(C2=NNC(c3ccc(Br)cc3)(N(c3ccccc3)c3ccccc3)O2)cc1. The van der Waals surface area contributed by atoms with Gasteiger partial charge in [0.2, 0.25) is 5.90 Å². The van der Waals surface area contributed by atoms with E-state index in [9.17, 15) is 0 Å². The minimum Gasteiger partial charge on any atom is -0.425 e. The van der Waals surface area contributed by atoms with Crippen molar-refractivity contribution in [2.75, 3.05) is 4.90 Å². The summed E-state index contributed by atoms with van der Waals surface area (Å²) in [5, 5.41) is 4.71. The minimum absolute atomic E-state index is 0.0771. The summed E-state index contributed by atoms with van der Waals surface area (Å²) in [4.78, 5) is 2.15. The number of benzene rings is 4. The monoisotopic (exact) mass is 525 g/mol. The molecule has 35 heavy (non-hydrogen) atoms. The second-order valence-corrected chi connectivity index (χ2v) is 10.5. The maximum Gasteiger partial charge on any atom is 0.310 e. The third-order valence-corrected chi connectivity index (χ3v) is 6.66. The van der Waals surface area contributed by atoms with Crippen molar-refractivity contribution in [2.45, 2.75) is 32.0 Å². The third-order valence-electron chi connectivity index (χ3n) is 6.13. The Kier molecular flexibility index (Phi) is 6.12. The van der Waals surface area contributed by atoms with Crippen LogP contribution in [0.5, 0.6) is 0 Å². The third kappa shape index (κ3) is 4.56. The van der Waals surface area contributed by atoms with Crippen molar-refractivity contribution in [1.29, 1.82) is 0 Å². The van der Waals surface area contributed by atoms with Crippen molar-refractivity contribution in [1.82, 2.24) is 5.43 Å². The van der Waals surface area contributed by atoms with Crippen LogP contribution in [0.2, 0.25) is 0 Å². The zero-order chi connectivity index (χ0) is 24.5. The van der Waals surface area contributed by atoms with E-state index in [2.05, 4.69) is 108 Å². The van der Waals surface area contributed by atoms with Gasteiger partial charge >= 0.3 is 5.85 Å². The molecule has 0 aliphatic carbocycles. The number of para-hydroxylation sites is 2. The molecule has 5 heteroatoms. The zero-order valence-corrected chi connectivity index (χ0v) is 21.7. The van der Waals surface area contributed by atoms with Gasteiger partial charge in [0.15, 0.2) is 0 Å². The lowest BCUT2D eigenvalue weighted by molar-refractivity contribution is 0.0528. The van der Waals surface area contributed by atoms with Gasteiger partial charge in [0.05, 0.1) is 0 Å². The van der Waals surface area contributed by atoms with Gasteiger partial charge in [-0.25, -0.2) is 5.43 Å². The first-order valence-electron chi connectivity index (χ1n) is 11.7. The summed E-state index contributed by atoms with van der Waals surface area (Å²) in [5.74, 6) is -0.535. The number of ether oxygens (including phenoxy) is 1. The largest absolute Gasteiger partial charge is 0.425 e. The predicted octanol–water partition coefficient (Wildman–Crippen LogP) is 7.68. The first kappa shape index (κ1) is 23.2. The molecule has 1 unspecified atom stereocenters. The van der Waals surface area contributed by atoms with Crippen LogP contribution in [0.1, 0.15) is 37.5 Å². The standard InChI is InChI=1S/C30H28BrN3O/c1-29(2,3)23-16-14-22(15-17-23)28-32-33-30(35-28,24-18-20-25(31)21-19-24)34(26-10-6-4-7-11-26)27-12-8-5-9-13-27/h4-21,33H,1-3H3. The molecule has 1 aliphatic heterocycles. The zero-order valence-electron chi connectivity index (χ0n) is 20.1. The Morgan fingerprint density at radius 3 is 1.80 bits per heavy atom. The Labute approximate surface area is 215 Å². The lowest BCUT2D eigenvalue weighted by Crippen LogP contribution is -2.52.